The van der Waals surface area contributed by atoms with Crippen molar-refractivity contribution in [3.63, 3.8) is 0 Å². The summed E-state index contributed by atoms with van der Waals surface area (Å²) in [6.07, 6.45) is 16.0. The van der Waals surface area contributed by atoms with Crippen molar-refractivity contribution < 1.29 is 9.90 Å². The van der Waals surface area contributed by atoms with E-state index in [1.165, 1.54) is 44.9 Å². The molecule has 0 aromatic rings. The molecule has 0 aromatic heterocycles. The third-order valence-corrected chi connectivity index (χ3v) is 4.17. The number of hydrogen-bond donors (Lipinski definition) is 1. The molecule has 0 aliphatic carbocycles. The Kier molecular flexibility index (Phi) is 16.0. The Morgan fingerprint density at radius 3 is 1.77 bits per heavy atom. The van der Waals surface area contributed by atoms with Crippen LogP contribution in [-0.4, -0.2) is 17.1 Å². The fourth-order valence-corrected chi connectivity index (χ4v) is 2.71. The van der Waals surface area contributed by atoms with Crippen LogP contribution in [0.4, 0.5) is 0 Å². The zero-order valence-corrected chi connectivity index (χ0v) is 14.4. The van der Waals surface area contributed by atoms with Gasteiger partial charge >= 0.3 is 0 Å². The first-order chi connectivity index (χ1) is 10.7. The van der Waals surface area contributed by atoms with E-state index in [9.17, 15) is 14.8 Å². The molecule has 22 heavy (non-hydrogen) atoms. The Labute approximate surface area is 136 Å². The van der Waals surface area contributed by atoms with E-state index in [2.05, 4.69) is 12.1 Å². The predicted molar refractivity (Wildman–Crippen MR) is 91.7 cm³/mol. The van der Waals surface area contributed by atoms with Gasteiger partial charge in [0.1, 0.15) is 0 Å². The maximum atomic E-state index is 10.7. The van der Waals surface area contributed by atoms with Gasteiger partial charge in [-0.15, -0.1) is 4.91 Å². The Hall–Kier alpha value is -0.770. The normalized spacial score (nSPS) is 12.3. The Morgan fingerprint density at radius 2 is 1.27 bits per heavy atom. The highest BCUT2D eigenvalue weighted by Gasteiger charge is 2.03. The molecule has 0 bridgehead atoms. The largest absolute Gasteiger partial charge is 0.393 e. The molecule has 0 aliphatic heterocycles. The highest BCUT2D eigenvalue weighted by molar-refractivity contribution is 5.76. The lowest BCUT2D eigenvalue weighted by Gasteiger charge is -2.10. The van der Waals surface area contributed by atoms with Gasteiger partial charge in [0.15, 0.2) is 0 Å². The first-order valence-corrected chi connectivity index (χ1v) is 9.25. The number of carbonyl (C=O) groups excluding carboxylic acids is 1. The van der Waals surface area contributed by atoms with Gasteiger partial charge in [0.05, 0.1) is 6.10 Å². The van der Waals surface area contributed by atoms with Crippen molar-refractivity contribution in [3.8, 4) is 0 Å². The van der Waals surface area contributed by atoms with Crippen LogP contribution in [0.15, 0.2) is 5.18 Å². The van der Waals surface area contributed by atoms with E-state index in [1.807, 2.05) is 0 Å². The molecule has 0 aliphatic rings. The zero-order chi connectivity index (χ0) is 16.5. The average Bonchev–Trinajstić information content (AvgIpc) is 2.53. The standard InChI is InChI=1S/C18H35NO3/c1-2-3-4-11-14-17(20)15-12-9-7-5-6-8-10-13-16-18(21)19-22/h17,20H,2-16H2,1H3. The molecule has 0 rings (SSSR count). The van der Waals surface area contributed by atoms with Gasteiger partial charge in [0, 0.05) is 11.6 Å². The topological polar surface area (TPSA) is 66.7 Å². The Morgan fingerprint density at radius 1 is 0.818 bits per heavy atom. The van der Waals surface area contributed by atoms with Crippen molar-refractivity contribution in [3.05, 3.63) is 4.91 Å². The summed E-state index contributed by atoms with van der Waals surface area (Å²) < 4.78 is 0. The number of rotatable bonds is 16. The van der Waals surface area contributed by atoms with E-state index in [0.29, 0.717) is 6.42 Å². The molecule has 130 valence electrons. The van der Waals surface area contributed by atoms with E-state index >= 15 is 0 Å². The summed E-state index contributed by atoms with van der Waals surface area (Å²) in [5.41, 5.74) is 0. The summed E-state index contributed by atoms with van der Waals surface area (Å²) in [6.45, 7) is 2.21. The van der Waals surface area contributed by atoms with E-state index in [-0.39, 0.29) is 6.10 Å². The molecule has 0 saturated carbocycles. The van der Waals surface area contributed by atoms with Crippen molar-refractivity contribution in [2.45, 2.75) is 109 Å². The summed E-state index contributed by atoms with van der Waals surface area (Å²) in [5.74, 6) is -0.520. The van der Waals surface area contributed by atoms with Crippen LogP contribution in [-0.2, 0) is 4.79 Å². The lowest BCUT2D eigenvalue weighted by Crippen LogP contribution is -2.05. The van der Waals surface area contributed by atoms with Crippen LogP contribution >= 0.6 is 0 Å². The molecule has 0 spiro atoms. The molecule has 0 fully saturated rings. The summed E-state index contributed by atoms with van der Waals surface area (Å²) in [6, 6.07) is 0. The number of aliphatic hydroxyl groups excluding tert-OH is 1. The molecule has 0 radical (unpaired) electrons. The number of carbonyl (C=O) groups is 1. The molecule has 0 saturated heterocycles. The summed E-state index contributed by atoms with van der Waals surface area (Å²) >= 11 is 0. The van der Waals surface area contributed by atoms with Gasteiger partial charge in [-0.2, -0.15) is 0 Å². The van der Waals surface area contributed by atoms with Crippen LogP contribution in [0, 0.1) is 4.91 Å². The number of hydrogen-bond acceptors (Lipinski definition) is 3. The minimum Gasteiger partial charge on any atom is -0.393 e. The maximum Gasteiger partial charge on any atom is 0.286 e. The highest BCUT2D eigenvalue weighted by Crippen LogP contribution is 2.14. The van der Waals surface area contributed by atoms with Crippen molar-refractivity contribution in [2.24, 2.45) is 5.18 Å². The SMILES string of the molecule is CCCCCCC(O)CCCCCCCCCCC(=O)N=O. The highest BCUT2D eigenvalue weighted by atomic mass is 16.3. The minimum absolute atomic E-state index is 0.0965. The van der Waals surface area contributed by atoms with Crippen molar-refractivity contribution in [1.82, 2.24) is 0 Å². The van der Waals surface area contributed by atoms with E-state index in [4.69, 9.17) is 0 Å². The summed E-state index contributed by atoms with van der Waals surface area (Å²) in [4.78, 5) is 20.6. The first kappa shape index (κ1) is 21.2. The minimum atomic E-state index is -0.520. The van der Waals surface area contributed by atoms with Gasteiger partial charge in [0.25, 0.3) is 5.91 Å². The molecule has 1 atom stereocenters. The van der Waals surface area contributed by atoms with Crippen LogP contribution in [0.3, 0.4) is 0 Å². The molecule has 4 nitrogen and oxygen atoms in total. The van der Waals surface area contributed by atoms with Gasteiger partial charge in [0.2, 0.25) is 0 Å². The fraction of sp³-hybridized carbons (Fsp3) is 0.944. The lowest BCUT2D eigenvalue weighted by atomic mass is 10.0. The smallest absolute Gasteiger partial charge is 0.286 e. The summed E-state index contributed by atoms with van der Waals surface area (Å²) in [5, 5.41) is 12.2. The van der Waals surface area contributed by atoms with E-state index in [1.54, 1.807) is 0 Å². The fourth-order valence-electron chi connectivity index (χ4n) is 2.71. The molecule has 4 heteroatoms. The third kappa shape index (κ3) is 15.6. The molecule has 1 unspecified atom stereocenters. The number of unbranched alkanes of at least 4 members (excludes halogenated alkanes) is 10. The second kappa shape index (κ2) is 16.6. The molecule has 1 amide bonds. The van der Waals surface area contributed by atoms with Gasteiger partial charge in [-0.05, 0) is 19.3 Å². The van der Waals surface area contributed by atoms with Gasteiger partial charge in [-0.25, -0.2) is 0 Å². The van der Waals surface area contributed by atoms with E-state index < -0.39 is 5.91 Å². The third-order valence-electron chi connectivity index (χ3n) is 4.17. The molecule has 0 heterocycles. The first-order valence-electron chi connectivity index (χ1n) is 9.25. The molecular formula is C18H35NO3. The van der Waals surface area contributed by atoms with Crippen LogP contribution in [0.2, 0.25) is 0 Å². The summed E-state index contributed by atoms with van der Waals surface area (Å²) in [7, 11) is 0. The van der Waals surface area contributed by atoms with Crippen molar-refractivity contribution in [2.75, 3.05) is 0 Å². The van der Waals surface area contributed by atoms with Crippen LogP contribution in [0.25, 0.3) is 0 Å². The van der Waals surface area contributed by atoms with Crippen molar-refractivity contribution >= 4 is 5.91 Å². The maximum absolute atomic E-state index is 10.7. The van der Waals surface area contributed by atoms with Crippen molar-refractivity contribution in [1.29, 1.82) is 0 Å². The quantitative estimate of drug-likeness (QED) is 0.302. The van der Waals surface area contributed by atoms with E-state index in [0.717, 1.165) is 44.9 Å². The number of nitrogens with zero attached hydrogens (tertiary/aromatic N) is 1. The van der Waals surface area contributed by atoms with Crippen LogP contribution in [0.5, 0.6) is 0 Å². The molecule has 1 N–H and O–H groups in total. The lowest BCUT2D eigenvalue weighted by molar-refractivity contribution is -0.118. The monoisotopic (exact) mass is 313 g/mol. The second-order valence-electron chi connectivity index (χ2n) is 6.36. The van der Waals surface area contributed by atoms with Crippen LogP contribution in [0.1, 0.15) is 103 Å². The Balaban J connectivity index is 3.16. The van der Waals surface area contributed by atoms with Gasteiger partial charge in [-0.3, -0.25) is 4.79 Å². The second-order valence-corrected chi connectivity index (χ2v) is 6.36. The van der Waals surface area contributed by atoms with Gasteiger partial charge in [-0.1, -0.05) is 77.6 Å². The zero-order valence-electron chi connectivity index (χ0n) is 14.4. The van der Waals surface area contributed by atoms with Crippen LogP contribution < -0.4 is 0 Å². The number of amides is 1. The number of nitroso groups, excluding NO2 is 1. The molecular weight excluding hydrogens is 278 g/mol. The molecule has 0 aromatic carbocycles. The predicted octanol–water partition coefficient (Wildman–Crippen LogP) is 5.51. The Bertz CT molecular complexity index is 269. The average molecular weight is 313 g/mol. The van der Waals surface area contributed by atoms with Gasteiger partial charge < -0.3 is 5.11 Å². The number of aliphatic hydroxyl groups is 1.